The molecule has 3 heteroatoms. The van der Waals surface area contributed by atoms with Crippen molar-refractivity contribution < 1.29 is 0 Å². The van der Waals surface area contributed by atoms with Crippen LogP contribution in [0.5, 0.6) is 0 Å². The molecule has 0 saturated heterocycles. The highest BCUT2D eigenvalue weighted by molar-refractivity contribution is 5.94. The van der Waals surface area contributed by atoms with Gasteiger partial charge in [-0.2, -0.15) is 0 Å². The van der Waals surface area contributed by atoms with E-state index in [0.717, 1.165) is 25.7 Å². The Kier molecular flexibility index (Phi) is 8.90. The Hall–Kier alpha value is -7.20. The van der Waals surface area contributed by atoms with Gasteiger partial charge in [0.2, 0.25) is 0 Å². The van der Waals surface area contributed by atoms with Crippen molar-refractivity contribution in [2.75, 3.05) is 4.90 Å². The average molecular weight is 798 g/mol. The predicted octanol–water partition coefficient (Wildman–Crippen LogP) is 14.0. The van der Waals surface area contributed by atoms with E-state index in [1.54, 1.807) is 0 Å². The van der Waals surface area contributed by atoms with Crippen LogP contribution >= 0.6 is 0 Å². The number of hydrogen-bond donors (Lipinski definition) is 2. The number of nitrogens with zero attached hydrogens (tertiary/aromatic N) is 1. The lowest BCUT2D eigenvalue weighted by Gasteiger charge is -2.47. The Morgan fingerprint density at radius 2 is 1.24 bits per heavy atom. The topological polar surface area (TPSA) is 27.3 Å². The molecule has 0 aromatic heterocycles. The molecule has 12 rings (SSSR count). The lowest BCUT2D eigenvalue weighted by atomic mass is 9.63. The van der Waals surface area contributed by atoms with Crippen molar-refractivity contribution >= 4 is 16.9 Å². The summed E-state index contributed by atoms with van der Waals surface area (Å²) in [5.74, 6) is 0. The molecule has 298 valence electrons. The zero-order valence-electron chi connectivity index (χ0n) is 34.6. The van der Waals surface area contributed by atoms with Gasteiger partial charge in [-0.05, 0) is 141 Å². The van der Waals surface area contributed by atoms with E-state index in [0.29, 0.717) is 0 Å². The van der Waals surface area contributed by atoms with Crippen molar-refractivity contribution in [1.82, 2.24) is 10.6 Å². The first kappa shape index (κ1) is 36.6. The monoisotopic (exact) mass is 797 g/mol. The van der Waals surface area contributed by atoms with Crippen LogP contribution in [0.3, 0.4) is 0 Å². The first-order valence-electron chi connectivity index (χ1n) is 22.2. The maximum absolute atomic E-state index is 3.89. The summed E-state index contributed by atoms with van der Waals surface area (Å²) in [6.07, 6.45) is 16.1. The van der Waals surface area contributed by atoms with Gasteiger partial charge in [0.05, 0.1) is 17.1 Å². The lowest BCUT2D eigenvalue weighted by molar-refractivity contribution is 0.418. The van der Waals surface area contributed by atoms with Gasteiger partial charge >= 0.3 is 0 Å². The van der Waals surface area contributed by atoms with E-state index in [4.69, 9.17) is 0 Å². The third kappa shape index (κ3) is 5.91. The van der Waals surface area contributed by atoms with Gasteiger partial charge in [0.15, 0.2) is 0 Å². The summed E-state index contributed by atoms with van der Waals surface area (Å²) in [5.41, 5.74) is 21.6. The second kappa shape index (κ2) is 15.1. The smallest absolute Gasteiger partial charge is 0.104 e. The van der Waals surface area contributed by atoms with Gasteiger partial charge in [-0.1, -0.05) is 170 Å². The molecule has 3 nitrogen and oxygen atoms in total. The van der Waals surface area contributed by atoms with Gasteiger partial charge in [0.25, 0.3) is 0 Å². The van der Waals surface area contributed by atoms with Crippen LogP contribution in [0.2, 0.25) is 0 Å². The van der Waals surface area contributed by atoms with Crippen LogP contribution < -0.4 is 15.5 Å². The zero-order chi connectivity index (χ0) is 41.0. The molecule has 0 saturated carbocycles. The van der Waals surface area contributed by atoms with Gasteiger partial charge in [0, 0.05) is 17.1 Å². The minimum Gasteiger partial charge on any atom is -0.366 e. The SMILES string of the molecule is C1=CC2=C(CC1)N(c1ccccc1)c1ccccc1C21c2ccccc2-c2ccc(-c3cccc(C4=CCCC(C5=CC(c6ccccc6)NC(c6ccccc6)N5)=C4)c3)cc21. The van der Waals surface area contributed by atoms with E-state index < -0.39 is 5.41 Å². The van der Waals surface area contributed by atoms with Gasteiger partial charge in [-0.3, -0.25) is 5.32 Å². The molecule has 2 heterocycles. The highest BCUT2D eigenvalue weighted by atomic mass is 15.2. The van der Waals surface area contributed by atoms with Crippen LogP contribution in [-0.2, 0) is 5.41 Å². The number of allylic oxidation sites excluding steroid dienone is 8. The van der Waals surface area contributed by atoms with Crippen LogP contribution in [0.15, 0.2) is 235 Å². The first-order valence-corrected chi connectivity index (χ1v) is 22.2. The van der Waals surface area contributed by atoms with Crippen molar-refractivity contribution in [1.29, 1.82) is 0 Å². The fourth-order valence-corrected chi connectivity index (χ4v) is 10.9. The van der Waals surface area contributed by atoms with Crippen LogP contribution in [0.1, 0.15) is 71.3 Å². The summed E-state index contributed by atoms with van der Waals surface area (Å²) < 4.78 is 0. The molecule has 7 aromatic rings. The second-order valence-electron chi connectivity index (χ2n) is 17.1. The van der Waals surface area contributed by atoms with Crippen molar-refractivity contribution in [2.45, 2.75) is 43.3 Å². The molecule has 62 heavy (non-hydrogen) atoms. The molecule has 7 aromatic carbocycles. The van der Waals surface area contributed by atoms with Crippen LogP contribution in [-0.4, -0.2) is 0 Å². The standard InChI is InChI=1S/C59H47N3/c1-4-18-40(19-5-1)54-39-55(61-58(60-54)41-20-6-2-7-21-41)46-25-17-24-44(37-46)42-22-16-23-43(36-42)45-34-35-49-48-28-10-11-29-50(48)59(53(49)38-45)51-30-12-14-32-56(51)62(47-26-8-3-9-27-47)57-33-15-13-31-52(57)59/h1-14,16,18-24,26-32,34-39,54,58,60-61H,15,17,25,33H2. The normalized spacial score (nSPS) is 20.9. The maximum atomic E-state index is 3.89. The quantitative estimate of drug-likeness (QED) is 0.175. The predicted molar refractivity (Wildman–Crippen MR) is 256 cm³/mol. The molecule has 3 atom stereocenters. The van der Waals surface area contributed by atoms with Gasteiger partial charge in [-0.25, -0.2) is 0 Å². The number of fused-ring (bicyclic) bond motifs is 8. The molecule has 0 fully saturated rings. The fourth-order valence-electron chi connectivity index (χ4n) is 10.9. The highest BCUT2D eigenvalue weighted by Gasteiger charge is 2.52. The fraction of sp³-hybridized carbons (Fsp3) is 0.119. The van der Waals surface area contributed by atoms with Crippen molar-refractivity contribution in [2.24, 2.45) is 0 Å². The van der Waals surface area contributed by atoms with Crippen molar-refractivity contribution in [3.8, 4) is 22.3 Å². The number of hydrogen-bond acceptors (Lipinski definition) is 3. The third-order valence-electron chi connectivity index (χ3n) is 13.7. The summed E-state index contributed by atoms with van der Waals surface area (Å²) in [5, 5.41) is 7.75. The number of para-hydroxylation sites is 2. The number of nitrogens with one attached hydrogen (secondary N) is 2. The van der Waals surface area contributed by atoms with E-state index >= 15 is 0 Å². The molecule has 1 spiro atoms. The zero-order valence-corrected chi connectivity index (χ0v) is 34.6. The van der Waals surface area contributed by atoms with Crippen LogP contribution in [0, 0.1) is 0 Å². The Balaban J connectivity index is 0.953. The van der Waals surface area contributed by atoms with Gasteiger partial charge < -0.3 is 10.2 Å². The summed E-state index contributed by atoms with van der Waals surface area (Å²) in [7, 11) is 0. The van der Waals surface area contributed by atoms with E-state index in [1.807, 2.05) is 0 Å². The summed E-state index contributed by atoms with van der Waals surface area (Å²) in [6.45, 7) is 0. The molecule has 0 amide bonds. The molecule has 5 aliphatic rings. The molecular formula is C59H47N3. The summed E-state index contributed by atoms with van der Waals surface area (Å²) >= 11 is 0. The Bertz CT molecular complexity index is 3020. The molecule has 3 aliphatic carbocycles. The van der Waals surface area contributed by atoms with E-state index in [2.05, 4.69) is 228 Å². The van der Waals surface area contributed by atoms with Crippen LogP contribution in [0.4, 0.5) is 11.4 Å². The second-order valence-corrected chi connectivity index (χ2v) is 17.1. The van der Waals surface area contributed by atoms with Gasteiger partial charge in [0.1, 0.15) is 6.17 Å². The number of rotatable bonds is 6. The molecular weight excluding hydrogens is 751 g/mol. The van der Waals surface area contributed by atoms with E-state index in [9.17, 15) is 0 Å². The van der Waals surface area contributed by atoms with Gasteiger partial charge in [-0.15, -0.1) is 0 Å². The Labute approximate surface area is 364 Å². The highest BCUT2D eigenvalue weighted by Crippen LogP contribution is 2.63. The summed E-state index contributed by atoms with van der Waals surface area (Å²) in [6, 6.07) is 67.3. The Morgan fingerprint density at radius 1 is 0.548 bits per heavy atom. The van der Waals surface area contributed by atoms with Crippen molar-refractivity contribution in [3.63, 3.8) is 0 Å². The largest absolute Gasteiger partial charge is 0.366 e. The van der Waals surface area contributed by atoms with Crippen LogP contribution in [0.25, 0.3) is 27.8 Å². The molecule has 2 aliphatic heterocycles. The molecule has 0 radical (unpaired) electrons. The molecule has 3 unspecified atom stereocenters. The van der Waals surface area contributed by atoms with Crippen molar-refractivity contribution in [3.05, 3.63) is 268 Å². The minimum atomic E-state index is -0.442. The summed E-state index contributed by atoms with van der Waals surface area (Å²) in [4.78, 5) is 2.53. The average Bonchev–Trinajstić information content (AvgIpc) is 3.65. The van der Waals surface area contributed by atoms with E-state index in [-0.39, 0.29) is 12.2 Å². The first-order chi connectivity index (χ1) is 30.7. The number of anilines is 2. The Morgan fingerprint density at radius 3 is 2.08 bits per heavy atom. The molecule has 0 bridgehead atoms. The van der Waals surface area contributed by atoms with E-state index in [1.165, 1.54) is 95.1 Å². The number of benzene rings is 7. The lowest BCUT2D eigenvalue weighted by Crippen LogP contribution is -2.40. The minimum absolute atomic E-state index is 0.00251. The maximum Gasteiger partial charge on any atom is 0.104 e. The molecule has 2 N–H and O–H groups in total. The third-order valence-corrected chi connectivity index (χ3v) is 13.7.